The minimum atomic E-state index is -1.14. The third kappa shape index (κ3) is 3.47. The predicted octanol–water partition coefficient (Wildman–Crippen LogP) is -1.24. The number of nitrogens with one attached hydrogen (secondary N) is 1. The highest BCUT2D eigenvalue weighted by atomic mass is 32.2. The van der Waals surface area contributed by atoms with Gasteiger partial charge in [-0.25, -0.2) is 4.79 Å². The summed E-state index contributed by atoms with van der Waals surface area (Å²) in [7, 11) is 0. The zero-order valence-electron chi connectivity index (χ0n) is 13.1. The van der Waals surface area contributed by atoms with Gasteiger partial charge in [0, 0.05) is 10.5 Å². The third-order valence-electron chi connectivity index (χ3n) is 3.84. The van der Waals surface area contributed by atoms with E-state index in [0.29, 0.717) is 0 Å². The molecule has 11 heteroatoms. The molecule has 0 aromatic heterocycles. The summed E-state index contributed by atoms with van der Waals surface area (Å²) in [6.07, 6.45) is 0. The number of carbonyl (C=O) groups excluding carboxylic acids is 2. The number of aliphatic carboxylic acids is 2. The van der Waals surface area contributed by atoms with E-state index in [9.17, 15) is 24.3 Å². The summed E-state index contributed by atoms with van der Waals surface area (Å²) >= 11 is 2.41. The Morgan fingerprint density at radius 1 is 1.42 bits per heavy atom. The SMILES string of the molecule is CC1(C)S[C@@H]2[C@H](NC(=O)CSCC(N)C(=O)O)C(=O)N2[C@H]1C(=O)O. The van der Waals surface area contributed by atoms with E-state index in [1.807, 2.05) is 0 Å². The van der Waals surface area contributed by atoms with Crippen molar-refractivity contribution in [3.63, 3.8) is 0 Å². The van der Waals surface area contributed by atoms with Crippen LogP contribution in [0, 0.1) is 0 Å². The highest BCUT2D eigenvalue weighted by Gasteiger charge is 2.64. The molecule has 1 unspecified atom stereocenters. The Bertz CT molecular complexity index is 584. The Hall–Kier alpha value is -1.46. The normalized spacial score (nSPS) is 28.7. The van der Waals surface area contributed by atoms with Crippen LogP contribution in [0.3, 0.4) is 0 Å². The zero-order chi connectivity index (χ0) is 18.2. The van der Waals surface area contributed by atoms with Gasteiger partial charge in [-0.05, 0) is 13.8 Å². The van der Waals surface area contributed by atoms with E-state index in [1.54, 1.807) is 13.8 Å². The van der Waals surface area contributed by atoms with Gasteiger partial charge in [0.25, 0.3) is 0 Å². The Morgan fingerprint density at radius 2 is 2.04 bits per heavy atom. The van der Waals surface area contributed by atoms with Crippen molar-refractivity contribution in [2.24, 2.45) is 5.73 Å². The number of nitrogens with zero attached hydrogens (tertiary/aromatic N) is 1. The topological polar surface area (TPSA) is 150 Å². The molecule has 2 aliphatic rings. The average molecular weight is 377 g/mol. The standard InChI is InChI=1S/C13H19N3O6S2/c1-13(2)8(12(21)22)16-9(18)7(10(16)24-13)15-6(17)4-23-3-5(14)11(19)20/h5,7-8,10H,3-4,14H2,1-2H3,(H,15,17)(H,19,20)(H,21,22)/t5?,7-,8+,10-/m1/s1. The fraction of sp³-hybridized carbons (Fsp3) is 0.692. The monoisotopic (exact) mass is 377 g/mol. The molecule has 9 nitrogen and oxygen atoms in total. The zero-order valence-corrected chi connectivity index (χ0v) is 14.7. The van der Waals surface area contributed by atoms with E-state index < -0.39 is 52.0 Å². The van der Waals surface area contributed by atoms with Crippen LogP contribution in [-0.2, 0) is 19.2 Å². The van der Waals surface area contributed by atoms with Crippen molar-refractivity contribution in [3.8, 4) is 0 Å². The van der Waals surface area contributed by atoms with Gasteiger partial charge in [0.1, 0.15) is 23.5 Å². The first-order valence-corrected chi connectivity index (χ1v) is 9.18. The molecule has 4 atom stereocenters. The van der Waals surface area contributed by atoms with Gasteiger partial charge in [0.05, 0.1) is 5.75 Å². The Morgan fingerprint density at radius 3 is 2.58 bits per heavy atom. The lowest BCUT2D eigenvalue weighted by atomic mass is 9.96. The van der Waals surface area contributed by atoms with E-state index in [0.717, 1.165) is 11.8 Å². The van der Waals surface area contributed by atoms with Crippen molar-refractivity contribution >= 4 is 47.3 Å². The second-order valence-electron chi connectivity index (χ2n) is 6.10. The van der Waals surface area contributed by atoms with Crippen molar-refractivity contribution in [1.29, 1.82) is 0 Å². The largest absolute Gasteiger partial charge is 0.480 e. The molecule has 2 saturated heterocycles. The van der Waals surface area contributed by atoms with Crippen LogP contribution < -0.4 is 11.1 Å². The molecule has 5 N–H and O–H groups in total. The van der Waals surface area contributed by atoms with Gasteiger partial charge >= 0.3 is 11.9 Å². The smallest absolute Gasteiger partial charge is 0.327 e. The van der Waals surface area contributed by atoms with Gasteiger partial charge < -0.3 is 26.2 Å². The maximum Gasteiger partial charge on any atom is 0.327 e. The maximum atomic E-state index is 12.2. The number of thioether (sulfide) groups is 2. The van der Waals surface area contributed by atoms with Crippen molar-refractivity contribution in [2.45, 2.75) is 42.1 Å². The Labute approximate surface area is 146 Å². The fourth-order valence-corrected chi connectivity index (χ4v) is 5.12. The first-order chi connectivity index (χ1) is 11.1. The molecule has 2 rings (SSSR count). The predicted molar refractivity (Wildman–Crippen MR) is 88.6 cm³/mol. The quantitative estimate of drug-likeness (QED) is 0.400. The van der Waals surface area contributed by atoms with Gasteiger partial charge in [-0.3, -0.25) is 14.4 Å². The van der Waals surface area contributed by atoms with E-state index in [-0.39, 0.29) is 11.5 Å². The Balaban J connectivity index is 1.87. The van der Waals surface area contributed by atoms with Crippen LogP contribution in [0.2, 0.25) is 0 Å². The molecule has 0 saturated carbocycles. The van der Waals surface area contributed by atoms with Crippen molar-refractivity contribution < 1.29 is 29.4 Å². The van der Waals surface area contributed by atoms with E-state index in [4.69, 9.17) is 10.8 Å². The molecule has 2 fully saturated rings. The van der Waals surface area contributed by atoms with E-state index in [2.05, 4.69) is 5.32 Å². The van der Waals surface area contributed by atoms with Gasteiger partial charge in [-0.15, -0.1) is 23.5 Å². The van der Waals surface area contributed by atoms with Gasteiger partial charge in [-0.2, -0.15) is 0 Å². The molecule has 0 aromatic rings. The number of β-lactam (4-membered cyclic amide) rings is 1. The minimum Gasteiger partial charge on any atom is -0.480 e. The third-order valence-corrected chi connectivity index (χ3v) is 6.47. The minimum absolute atomic E-state index is 0.0199. The number of carboxylic acid groups (broad SMARTS) is 2. The maximum absolute atomic E-state index is 12.2. The van der Waals surface area contributed by atoms with Crippen LogP contribution in [0.15, 0.2) is 0 Å². The number of carbonyl (C=O) groups is 4. The fourth-order valence-electron chi connectivity index (χ4n) is 2.71. The summed E-state index contributed by atoms with van der Waals surface area (Å²) < 4.78 is -0.644. The van der Waals surface area contributed by atoms with Crippen molar-refractivity contribution in [1.82, 2.24) is 10.2 Å². The number of hydrogen-bond acceptors (Lipinski definition) is 7. The number of rotatable bonds is 7. The number of nitrogens with two attached hydrogens (primary N) is 1. The summed E-state index contributed by atoms with van der Waals surface area (Å²) in [5.74, 6) is -2.96. The van der Waals surface area contributed by atoms with Gasteiger partial charge in [0.2, 0.25) is 11.8 Å². The lowest BCUT2D eigenvalue weighted by Gasteiger charge is -2.43. The van der Waals surface area contributed by atoms with Crippen LogP contribution in [0.5, 0.6) is 0 Å². The molecule has 24 heavy (non-hydrogen) atoms. The second-order valence-corrected chi connectivity index (χ2v) is 8.90. The molecule has 0 bridgehead atoms. The van der Waals surface area contributed by atoms with Crippen LogP contribution in [-0.4, -0.2) is 78.6 Å². The first kappa shape index (κ1) is 18.9. The number of amides is 2. The molecule has 134 valence electrons. The van der Waals surface area contributed by atoms with Crippen LogP contribution in [0.4, 0.5) is 0 Å². The number of carboxylic acids is 2. The molecular formula is C13H19N3O6S2. The summed E-state index contributed by atoms with van der Waals surface area (Å²) in [6.45, 7) is 3.51. The average Bonchev–Trinajstić information content (AvgIpc) is 2.73. The molecule has 2 heterocycles. The summed E-state index contributed by atoms with van der Waals surface area (Å²) in [4.78, 5) is 47.3. The summed E-state index contributed by atoms with van der Waals surface area (Å²) in [6, 6.07) is -2.72. The van der Waals surface area contributed by atoms with Crippen LogP contribution in [0.1, 0.15) is 13.8 Å². The van der Waals surface area contributed by atoms with Crippen molar-refractivity contribution in [3.05, 3.63) is 0 Å². The molecule has 0 radical (unpaired) electrons. The Kier molecular flexibility index (Phi) is 5.35. The lowest BCUT2D eigenvalue weighted by Crippen LogP contribution is -2.70. The number of hydrogen-bond donors (Lipinski definition) is 4. The van der Waals surface area contributed by atoms with Gasteiger partial charge in [-0.1, -0.05) is 0 Å². The molecule has 0 spiro atoms. The molecular weight excluding hydrogens is 358 g/mol. The van der Waals surface area contributed by atoms with Gasteiger partial charge in [0.15, 0.2) is 0 Å². The number of fused-ring (bicyclic) bond motifs is 1. The van der Waals surface area contributed by atoms with Crippen LogP contribution in [0.25, 0.3) is 0 Å². The molecule has 0 aliphatic carbocycles. The molecule has 2 amide bonds. The lowest BCUT2D eigenvalue weighted by molar-refractivity contribution is -0.160. The highest BCUT2D eigenvalue weighted by Crippen LogP contribution is 2.50. The first-order valence-electron chi connectivity index (χ1n) is 7.14. The van der Waals surface area contributed by atoms with Crippen LogP contribution >= 0.6 is 23.5 Å². The summed E-state index contributed by atoms with van der Waals surface area (Å²) in [5, 5.41) is 20.2. The molecule has 0 aromatic carbocycles. The highest BCUT2D eigenvalue weighted by molar-refractivity contribution is 8.01. The van der Waals surface area contributed by atoms with E-state index in [1.165, 1.54) is 16.7 Å². The molecule has 2 aliphatic heterocycles. The van der Waals surface area contributed by atoms with E-state index >= 15 is 0 Å². The second kappa shape index (κ2) is 6.81. The summed E-state index contributed by atoms with van der Waals surface area (Å²) in [5.41, 5.74) is 5.34. The van der Waals surface area contributed by atoms with Crippen molar-refractivity contribution in [2.75, 3.05) is 11.5 Å².